The quantitative estimate of drug-likeness (QED) is 0.556. The third-order valence-electron chi connectivity index (χ3n) is 4.58. The summed E-state index contributed by atoms with van der Waals surface area (Å²) in [5.74, 6) is -0.196. The second-order valence-corrected chi connectivity index (χ2v) is 7.89. The van der Waals surface area contributed by atoms with Crippen LogP contribution in [-0.4, -0.2) is 11.2 Å². The molecule has 124 valence electrons. The Morgan fingerprint density at radius 2 is 1.68 bits per heavy atom. The largest absolute Gasteiger partial charge is 0.342 e. The summed E-state index contributed by atoms with van der Waals surface area (Å²) in [6.45, 7) is 11.2. The summed E-state index contributed by atoms with van der Waals surface area (Å²) in [5.41, 5.74) is 1.52. The number of rotatable bonds is 7. The molecule has 1 rings (SSSR count). The van der Waals surface area contributed by atoms with E-state index >= 15 is 0 Å². The maximum Gasteiger partial charge on any atom is 0.342 e. The van der Waals surface area contributed by atoms with Crippen molar-refractivity contribution in [2.24, 2.45) is 11.3 Å². The summed E-state index contributed by atoms with van der Waals surface area (Å²) >= 11 is 0. The topological polar surface area (TPSA) is 46.5 Å². The molecule has 0 aliphatic rings. The Kier molecular flexibility index (Phi) is 6.61. The summed E-state index contributed by atoms with van der Waals surface area (Å²) in [5, 5.41) is 8.48. The van der Waals surface area contributed by atoms with E-state index in [9.17, 15) is 4.79 Å². The molecule has 1 aromatic carbocycles. The zero-order valence-electron chi connectivity index (χ0n) is 14.6. The molecule has 0 saturated heterocycles. The first kappa shape index (κ1) is 18.7. The average molecular weight is 306 g/mol. The van der Waals surface area contributed by atoms with Gasteiger partial charge in [0.1, 0.15) is 0 Å². The van der Waals surface area contributed by atoms with Gasteiger partial charge in [-0.05, 0) is 41.6 Å². The van der Waals surface area contributed by atoms with Crippen LogP contribution in [0.5, 0.6) is 0 Å². The van der Waals surface area contributed by atoms with Gasteiger partial charge in [0.15, 0.2) is 0 Å². The lowest BCUT2D eigenvalue weighted by Gasteiger charge is -2.36. The molecule has 1 unspecified atom stereocenters. The van der Waals surface area contributed by atoms with Crippen molar-refractivity contribution < 1.29 is 14.9 Å². The van der Waals surface area contributed by atoms with Gasteiger partial charge in [-0.3, -0.25) is 0 Å². The summed E-state index contributed by atoms with van der Waals surface area (Å²) in [6, 6.07) is 10.4. The Hall–Kier alpha value is -1.35. The minimum Gasteiger partial charge on any atom is -0.301 e. The zero-order valence-corrected chi connectivity index (χ0v) is 14.6. The van der Waals surface area contributed by atoms with Crippen molar-refractivity contribution in [1.29, 1.82) is 0 Å². The molecular weight excluding hydrogens is 276 g/mol. The van der Waals surface area contributed by atoms with Crippen LogP contribution in [0.2, 0.25) is 0 Å². The number of hydrogen-bond acceptors (Lipinski definition) is 3. The molecule has 0 aliphatic carbocycles. The maximum atomic E-state index is 11.3. The molecule has 3 nitrogen and oxygen atoms in total. The molecule has 0 aromatic heterocycles. The molecule has 1 aromatic rings. The van der Waals surface area contributed by atoms with Gasteiger partial charge < -0.3 is 4.89 Å². The summed E-state index contributed by atoms with van der Waals surface area (Å²) in [7, 11) is 0. The Bertz CT molecular complexity index is 457. The summed E-state index contributed by atoms with van der Waals surface area (Å²) < 4.78 is 0. The predicted octanol–water partition coefficient (Wildman–Crippen LogP) is 5.20. The highest BCUT2D eigenvalue weighted by atomic mass is 17.1. The van der Waals surface area contributed by atoms with E-state index in [1.54, 1.807) is 0 Å². The third-order valence-corrected chi connectivity index (χ3v) is 4.58. The first-order valence-electron chi connectivity index (χ1n) is 8.06. The SMILES string of the molecule is CC(C)(C)CCC(CCC(=O)OO)C(C)(C)c1ccccc1. The van der Waals surface area contributed by atoms with Gasteiger partial charge in [-0.15, -0.1) is 0 Å². The van der Waals surface area contributed by atoms with E-state index in [0.29, 0.717) is 5.92 Å². The highest BCUT2D eigenvalue weighted by Crippen LogP contribution is 2.39. The van der Waals surface area contributed by atoms with Crippen LogP contribution >= 0.6 is 0 Å². The van der Waals surface area contributed by atoms with E-state index < -0.39 is 5.97 Å². The minimum atomic E-state index is -0.551. The smallest absolute Gasteiger partial charge is 0.301 e. The van der Waals surface area contributed by atoms with Crippen LogP contribution in [0.15, 0.2) is 30.3 Å². The van der Waals surface area contributed by atoms with E-state index in [0.717, 1.165) is 19.3 Å². The standard InChI is InChI=1S/C19H30O3/c1-18(2,3)14-13-16(11-12-17(20)22-21)19(4,5)15-9-7-6-8-10-15/h6-10,16,21H,11-14H2,1-5H3. The van der Waals surface area contributed by atoms with Gasteiger partial charge in [0, 0.05) is 6.42 Å². The van der Waals surface area contributed by atoms with Crippen molar-refractivity contribution in [2.45, 2.75) is 65.7 Å². The highest BCUT2D eigenvalue weighted by molar-refractivity contribution is 5.68. The molecule has 0 aliphatic heterocycles. The van der Waals surface area contributed by atoms with Gasteiger partial charge in [-0.2, -0.15) is 5.26 Å². The minimum absolute atomic E-state index is 0.0255. The average Bonchev–Trinajstić information content (AvgIpc) is 2.46. The lowest BCUT2D eigenvalue weighted by molar-refractivity contribution is -0.234. The number of carbonyl (C=O) groups is 1. The molecule has 1 atom stereocenters. The second-order valence-electron chi connectivity index (χ2n) is 7.89. The molecule has 0 spiro atoms. The van der Waals surface area contributed by atoms with Crippen molar-refractivity contribution in [2.75, 3.05) is 0 Å². The van der Waals surface area contributed by atoms with E-state index in [4.69, 9.17) is 5.26 Å². The molecule has 1 N–H and O–H groups in total. The Morgan fingerprint density at radius 1 is 1.09 bits per heavy atom. The normalized spacial score (nSPS) is 13.7. The molecule has 0 fully saturated rings. The van der Waals surface area contributed by atoms with Gasteiger partial charge in [0.2, 0.25) is 0 Å². The van der Waals surface area contributed by atoms with Gasteiger partial charge in [0.05, 0.1) is 0 Å². The molecule has 0 saturated carbocycles. The Morgan fingerprint density at radius 3 is 2.18 bits per heavy atom. The van der Waals surface area contributed by atoms with Crippen LogP contribution in [0.4, 0.5) is 0 Å². The van der Waals surface area contributed by atoms with Crippen LogP contribution in [0.3, 0.4) is 0 Å². The molecule has 0 heterocycles. The highest BCUT2D eigenvalue weighted by Gasteiger charge is 2.32. The van der Waals surface area contributed by atoms with E-state index in [1.807, 2.05) is 6.07 Å². The lowest BCUT2D eigenvalue weighted by atomic mass is 9.68. The predicted molar refractivity (Wildman–Crippen MR) is 89.6 cm³/mol. The van der Waals surface area contributed by atoms with E-state index in [2.05, 4.69) is 63.8 Å². The number of benzene rings is 1. The van der Waals surface area contributed by atoms with Crippen molar-refractivity contribution in [3.63, 3.8) is 0 Å². The number of carbonyl (C=O) groups excluding carboxylic acids is 1. The van der Waals surface area contributed by atoms with Crippen molar-refractivity contribution >= 4 is 5.97 Å². The maximum absolute atomic E-state index is 11.3. The molecular formula is C19H30O3. The van der Waals surface area contributed by atoms with Crippen molar-refractivity contribution in [3.05, 3.63) is 35.9 Å². The summed E-state index contributed by atoms with van der Waals surface area (Å²) in [6.07, 6.45) is 3.12. The van der Waals surface area contributed by atoms with Gasteiger partial charge in [-0.1, -0.05) is 65.0 Å². The first-order chi connectivity index (χ1) is 10.2. The van der Waals surface area contributed by atoms with Crippen LogP contribution in [0.25, 0.3) is 0 Å². The molecule has 3 heteroatoms. The van der Waals surface area contributed by atoms with Crippen molar-refractivity contribution in [3.8, 4) is 0 Å². The van der Waals surface area contributed by atoms with E-state index in [-0.39, 0.29) is 17.3 Å². The molecule has 0 amide bonds. The zero-order chi connectivity index (χ0) is 16.8. The molecule has 22 heavy (non-hydrogen) atoms. The fourth-order valence-corrected chi connectivity index (χ4v) is 2.91. The first-order valence-corrected chi connectivity index (χ1v) is 8.06. The van der Waals surface area contributed by atoms with Gasteiger partial charge in [0.25, 0.3) is 0 Å². The van der Waals surface area contributed by atoms with E-state index in [1.165, 1.54) is 5.56 Å². The Labute approximate surface area is 134 Å². The van der Waals surface area contributed by atoms with Crippen LogP contribution in [-0.2, 0) is 15.1 Å². The monoisotopic (exact) mass is 306 g/mol. The lowest BCUT2D eigenvalue weighted by Crippen LogP contribution is -2.30. The summed E-state index contributed by atoms with van der Waals surface area (Å²) in [4.78, 5) is 15.1. The van der Waals surface area contributed by atoms with Crippen LogP contribution in [0.1, 0.15) is 65.9 Å². The van der Waals surface area contributed by atoms with Gasteiger partial charge in [-0.25, -0.2) is 4.79 Å². The number of hydrogen-bond donors (Lipinski definition) is 1. The fourth-order valence-electron chi connectivity index (χ4n) is 2.91. The third kappa shape index (κ3) is 5.80. The molecule has 0 bridgehead atoms. The van der Waals surface area contributed by atoms with Crippen LogP contribution in [0, 0.1) is 11.3 Å². The molecule has 0 radical (unpaired) electrons. The Balaban J connectivity index is 2.89. The van der Waals surface area contributed by atoms with Crippen molar-refractivity contribution in [1.82, 2.24) is 0 Å². The fraction of sp³-hybridized carbons (Fsp3) is 0.632. The van der Waals surface area contributed by atoms with Crippen LogP contribution < -0.4 is 0 Å². The van der Waals surface area contributed by atoms with Gasteiger partial charge >= 0.3 is 5.97 Å². The second kappa shape index (κ2) is 7.77.